The predicted octanol–water partition coefficient (Wildman–Crippen LogP) is -1.55. The van der Waals surface area contributed by atoms with Gasteiger partial charge in [-0.25, -0.2) is 0 Å². The molecule has 2 fully saturated rings. The highest BCUT2D eigenvalue weighted by Gasteiger charge is 2.32. The van der Waals surface area contributed by atoms with Crippen molar-refractivity contribution in [1.29, 1.82) is 0 Å². The third-order valence-corrected chi connectivity index (χ3v) is 3.37. The van der Waals surface area contributed by atoms with Gasteiger partial charge in [-0.3, -0.25) is 14.6 Å². The molecule has 1 atom stereocenters. The lowest BCUT2D eigenvalue weighted by Gasteiger charge is -2.40. The van der Waals surface area contributed by atoms with Crippen LogP contribution in [-0.4, -0.2) is 67.6 Å². The Morgan fingerprint density at radius 2 is 2.00 bits per heavy atom. The first-order valence-electron chi connectivity index (χ1n) is 5.74. The minimum absolute atomic E-state index is 0.00733. The van der Waals surface area contributed by atoms with Crippen LogP contribution in [0.2, 0.25) is 0 Å². The molecule has 2 aliphatic rings. The van der Waals surface area contributed by atoms with E-state index in [1.165, 1.54) is 0 Å². The van der Waals surface area contributed by atoms with E-state index in [-0.39, 0.29) is 11.9 Å². The van der Waals surface area contributed by atoms with Gasteiger partial charge < -0.3 is 11.1 Å². The maximum Gasteiger partial charge on any atom is 0.234 e. The molecule has 3 N–H and O–H groups in total. The third-order valence-electron chi connectivity index (χ3n) is 3.37. The Labute approximate surface area is 90.6 Å². The molecule has 5 nitrogen and oxygen atoms in total. The number of amides is 1. The molecular formula is C10H20N4O. The summed E-state index contributed by atoms with van der Waals surface area (Å²) in [5.74, 6) is -0.165. The fourth-order valence-electron chi connectivity index (χ4n) is 2.24. The topological polar surface area (TPSA) is 61.6 Å². The van der Waals surface area contributed by atoms with Crippen LogP contribution in [0, 0.1) is 0 Å². The molecule has 1 amide bonds. The molecule has 0 aromatic carbocycles. The van der Waals surface area contributed by atoms with Crippen molar-refractivity contribution in [2.24, 2.45) is 5.73 Å². The zero-order chi connectivity index (χ0) is 10.7. The fraction of sp³-hybridized carbons (Fsp3) is 0.900. The smallest absolute Gasteiger partial charge is 0.234 e. The number of nitrogens with one attached hydrogen (secondary N) is 1. The molecular weight excluding hydrogens is 192 g/mol. The van der Waals surface area contributed by atoms with E-state index in [0.717, 1.165) is 52.2 Å². The number of rotatable bonds is 4. The minimum Gasteiger partial charge on any atom is -0.368 e. The number of piperazine rings is 1. The summed E-state index contributed by atoms with van der Waals surface area (Å²) in [7, 11) is 0. The lowest BCUT2D eigenvalue weighted by molar-refractivity contribution is -0.127. The van der Waals surface area contributed by atoms with Gasteiger partial charge in [-0.05, 0) is 6.42 Å². The number of hydrogen-bond donors (Lipinski definition) is 2. The highest BCUT2D eigenvalue weighted by Crippen LogP contribution is 2.16. The normalized spacial score (nSPS) is 28.7. The standard InChI is InChI=1S/C10H20N4O/c11-10(15)9-1-4-14(9)8-7-13-5-2-12-3-6-13/h9,12H,1-8H2,(H2,11,15). The van der Waals surface area contributed by atoms with Gasteiger partial charge in [0.05, 0.1) is 6.04 Å². The van der Waals surface area contributed by atoms with Crippen molar-refractivity contribution >= 4 is 5.91 Å². The van der Waals surface area contributed by atoms with E-state index in [1.54, 1.807) is 0 Å². The Kier molecular flexibility index (Phi) is 3.56. The van der Waals surface area contributed by atoms with Gasteiger partial charge in [-0.15, -0.1) is 0 Å². The van der Waals surface area contributed by atoms with Gasteiger partial charge in [0.2, 0.25) is 5.91 Å². The van der Waals surface area contributed by atoms with Gasteiger partial charge in [0.1, 0.15) is 0 Å². The summed E-state index contributed by atoms with van der Waals surface area (Å²) in [6.07, 6.45) is 0.941. The van der Waals surface area contributed by atoms with E-state index in [4.69, 9.17) is 5.73 Å². The number of carbonyl (C=O) groups excluding carboxylic acids is 1. The van der Waals surface area contributed by atoms with Gasteiger partial charge in [0.15, 0.2) is 0 Å². The van der Waals surface area contributed by atoms with Crippen LogP contribution >= 0.6 is 0 Å². The fourth-order valence-corrected chi connectivity index (χ4v) is 2.24. The average Bonchev–Trinajstić information content (AvgIpc) is 2.17. The number of hydrogen-bond acceptors (Lipinski definition) is 4. The zero-order valence-corrected chi connectivity index (χ0v) is 9.11. The summed E-state index contributed by atoms with van der Waals surface area (Å²) in [5.41, 5.74) is 5.29. The van der Waals surface area contributed by atoms with Gasteiger partial charge >= 0.3 is 0 Å². The molecule has 0 radical (unpaired) electrons. The number of nitrogens with two attached hydrogens (primary N) is 1. The van der Waals surface area contributed by atoms with Crippen molar-refractivity contribution in [1.82, 2.24) is 15.1 Å². The molecule has 0 saturated carbocycles. The van der Waals surface area contributed by atoms with E-state index < -0.39 is 0 Å². The highest BCUT2D eigenvalue weighted by atomic mass is 16.1. The van der Waals surface area contributed by atoms with E-state index >= 15 is 0 Å². The SMILES string of the molecule is NC(=O)C1CCN1CCN1CCNCC1. The van der Waals surface area contributed by atoms with Crippen LogP contribution in [0.3, 0.4) is 0 Å². The lowest BCUT2D eigenvalue weighted by atomic mass is 10.0. The largest absolute Gasteiger partial charge is 0.368 e. The molecule has 1 unspecified atom stereocenters. The second kappa shape index (κ2) is 4.92. The maximum atomic E-state index is 11.0. The summed E-state index contributed by atoms with van der Waals surface area (Å²) in [6, 6.07) is 0.00733. The average molecular weight is 212 g/mol. The summed E-state index contributed by atoms with van der Waals surface area (Å²) < 4.78 is 0. The Morgan fingerprint density at radius 3 is 2.53 bits per heavy atom. The van der Waals surface area contributed by atoms with Crippen molar-refractivity contribution in [3.8, 4) is 0 Å². The first kappa shape index (κ1) is 10.9. The van der Waals surface area contributed by atoms with Gasteiger partial charge in [0.25, 0.3) is 0 Å². The van der Waals surface area contributed by atoms with E-state index in [9.17, 15) is 4.79 Å². The Bertz CT molecular complexity index is 227. The molecule has 5 heteroatoms. The summed E-state index contributed by atoms with van der Waals surface area (Å²) in [6.45, 7) is 7.47. The minimum atomic E-state index is -0.165. The quantitative estimate of drug-likeness (QED) is 0.592. The number of nitrogens with zero attached hydrogens (tertiary/aromatic N) is 2. The molecule has 0 aromatic rings. The van der Waals surface area contributed by atoms with Crippen molar-refractivity contribution in [3.63, 3.8) is 0 Å². The molecule has 2 rings (SSSR count). The monoisotopic (exact) mass is 212 g/mol. The predicted molar refractivity (Wildman–Crippen MR) is 58.5 cm³/mol. The molecule has 0 aliphatic carbocycles. The van der Waals surface area contributed by atoms with Crippen LogP contribution in [0.4, 0.5) is 0 Å². The van der Waals surface area contributed by atoms with E-state index in [2.05, 4.69) is 15.1 Å². The van der Waals surface area contributed by atoms with Crippen LogP contribution in [0.1, 0.15) is 6.42 Å². The van der Waals surface area contributed by atoms with Crippen LogP contribution in [0.25, 0.3) is 0 Å². The summed E-state index contributed by atoms with van der Waals surface area (Å²) in [4.78, 5) is 15.6. The molecule has 2 heterocycles. The van der Waals surface area contributed by atoms with Crippen LogP contribution < -0.4 is 11.1 Å². The number of likely N-dealkylation sites (tertiary alicyclic amines) is 1. The van der Waals surface area contributed by atoms with Gasteiger partial charge in [-0.1, -0.05) is 0 Å². The van der Waals surface area contributed by atoms with Gasteiger partial charge in [0, 0.05) is 45.8 Å². The second-order valence-electron chi connectivity index (χ2n) is 4.33. The third kappa shape index (κ3) is 2.68. The molecule has 0 spiro atoms. The number of carbonyl (C=O) groups is 1. The molecule has 2 aliphatic heterocycles. The van der Waals surface area contributed by atoms with Crippen molar-refractivity contribution in [3.05, 3.63) is 0 Å². The Morgan fingerprint density at radius 1 is 1.27 bits per heavy atom. The number of primary amides is 1. The second-order valence-corrected chi connectivity index (χ2v) is 4.33. The Balaban J connectivity index is 1.67. The van der Waals surface area contributed by atoms with Crippen LogP contribution in [-0.2, 0) is 4.79 Å². The zero-order valence-electron chi connectivity index (χ0n) is 9.11. The first-order chi connectivity index (χ1) is 7.27. The van der Waals surface area contributed by atoms with E-state index in [0.29, 0.717) is 0 Å². The molecule has 2 saturated heterocycles. The highest BCUT2D eigenvalue weighted by molar-refractivity contribution is 5.80. The molecule has 15 heavy (non-hydrogen) atoms. The molecule has 86 valence electrons. The summed E-state index contributed by atoms with van der Waals surface area (Å²) in [5, 5.41) is 3.33. The first-order valence-corrected chi connectivity index (χ1v) is 5.74. The van der Waals surface area contributed by atoms with Crippen molar-refractivity contribution in [2.45, 2.75) is 12.5 Å². The van der Waals surface area contributed by atoms with Crippen LogP contribution in [0.15, 0.2) is 0 Å². The molecule has 0 aromatic heterocycles. The van der Waals surface area contributed by atoms with Gasteiger partial charge in [-0.2, -0.15) is 0 Å². The van der Waals surface area contributed by atoms with Crippen molar-refractivity contribution < 1.29 is 4.79 Å². The Hall–Kier alpha value is -0.650. The molecule has 0 bridgehead atoms. The van der Waals surface area contributed by atoms with E-state index in [1.807, 2.05) is 0 Å². The lowest BCUT2D eigenvalue weighted by Crippen LogP contribution is -2.57. The maximum absolute atomic E-state index is 11.0. The summed E-state index contributed by atoms with van der Waals surface area (Å²) >= 11 is 0. The van der Waals surface area contributed by atoms with Crippen LogP contribution in [0.5, 0.6) is 0 Å². The van der Waals surface area contributed by atoms with Crippen molar-refractivity contribution in [2.75, 3.05) is 45.8 Å².